The molecule has 22 heavy (non-hydrogen) atoms. The number of imidazole rings is 1. The van der Waals surface area contributed by atoms with E-state index < -0.39 is 0 Å². The zero-order valence-corrected chi connectivity index (χ0v) is 14.2. The first kappa shape index (κ1) is 13.8. The highest BCUT2D eigenvalue weighted by molar-refractivity contribution is 9.10. The van der Waals surface area contributed by atoms with Gasteiger partial charge in [-0.25, -0.2) is 4.98 Å². The SMILES string of the molecule is Cc1cc2[nH]c(-c3cccc4c(Br)cccc34)nc2cc1Cl. The van der Waals surface area contributed by atoms with Crippen molar-refractivity contribution in [2.75, 3.05) is 0 Å². The molecular formula is C18H12BrClN2. The number of H-pyrrole nitrogens is 1. The predicted molar refractivity (Wildman–Crippen MR) is 96.5 cm³/mol. The van der Waals surface area contributed by atoms with Crippen molar-refractivity contribution >= 4 is 49.3 Å². The molecule has 4 rings (SSSR count). The van der Waals surface area contributed by atoms with Gasteiger partial charge >= 0.3 is 0 Å². The summed E-state index contributed by atoms with van der Waals surface area (Å²) in [5, 5.41) is 3.08. The number of nitrogens with zero attached hydrogens (tertiary/aromatic N) is 1. The second-order valence-electron chi connectivity index (χ2n) is 5.34. The third-order valence-corrected chi connectivity index (χ3v) is 4.98. The van der Waals surface area contributed by atoms with Crippen LogP contribution in [0, 0.1) is 6.92 Å². The molecule has 0 atom stereocenters. The molecule has 0 aliphatic carbocycles. The van der Waals surface area contributed by atoms with Crippen LogP contribution in [0.5, 0.6) is 0 Å². The van der Waals surface area contributed by atoms with Crippen LogP contribution in [-0.4, -0.2) is 9.97 Å². The summed E-state index contributed by atoms with van der Waals surface area (Å²) in [5.74, 6) is 0.861. The van der Waals surface area contributed by atoms with Crippen molar-refractivity contribution < 1.29 is 0 Å². The van der Waals surface area contributed by atoms with E-state index in [1.165, 1.54) is 10.8 Å². The van der Waals surface area contributed by atoms with Crippen molar-refractivity contribution in [3.8, 4) is 11.4 Å². The lowest BCUT2D eigenvalue weighted by atomic mass is 10.0. The van der Waals surface area contributed by atoms with Crippen LogP contribution in [-0.2, 0) is 0 Å². The number of benzene rings is 3. The molecule has 0 aliphatic heterocycles. The third kappa shape index (κ3) is 2.13. The largest absolute Gasteiger partial charge is 0.338 e. The number of halogens is 2. The first-order valence-electron chi connectivity index (χ1n) is 6.97. The molecule has 0 aliphatic rings. The smallest absolute Gasteiger partial charge is 0.139 e. The molecule has 108 valence electrons. The van der Waals surface area contributed by atoms with Crippen LogP contribution >= 0.6 is 27.5 Å². The molecular weight excluding hydrogens is 360 g/mol. The van der Waals surface area contributed by atoms with Crippen molar-refractivity contribution in [3.05, 3.63) is 63.6 Å². The first-order valence-corrected chi connectivity index (χ1v) is 8.14. The predicted octanol–water partition coefficient (Wildman–Crippen LogP) is 6.11. The van der Waals surface area contributed by atoms with Crippen molar-refractivity contribution in [3.63, 3.8) is 0 Å². The number of rotatable bonds is 1. The topological polar surface area (TPSA) is 28.7 Å². The number of aromatic amines is 1. The maximum absolute atomic E-state index is 6.20. The van der Waals surface area contributed by atoms with Gasteiger partial charge in [0, 0.05) is 15.1 Å². The third-order valence-electron chi connectivity index (χ3n) is 3.89. The van der Waals surface area contributed by atoms with Gasteiger partial charge in [-0.05, 0) is 41.5 Å². The minimum Gasteiger partial charge on any atom is -0.338 e. The van der Waals surface area contributed by atoms with Gasteiger partial charge in [0.25, 0.3) is 0 Å². The van der Waals surface area contributed by atoms with Gasteiger partial charge < -0.3 is 4.98 Å². The fourth-order valence-corrected chi connectivity index (χ4v) is 3.40. The molecule has 0 spiro atoms. The highest BCUT2D eigenvalue weighted by atomic mass is 79.9. The Hall–Kier alpha value is -1.84. The van der Waals surface area contributed by atoms with Gasteiger partial charge in [0.05, 0.1) is 11.0 Å². The van der Waals surface area contributed by atoms with Crippen LogP contribution in [0.4, 0.5) is 0 Å². The molecule has 0 saturated heterocycles. The second kappa shape index (κ2) is 5.11. The van der Waals surface area contributed by atoms with Gasteiger partial charge in [0.1, 0.15) is 5.82 Å². The van der Waals surface area contributed by atoms with E-state index in [1.807, 2.05) is 37.3 Å². The molecule has 0 radical (unpaired) electrons. The summed E-state index contributed by atoms with van der Waals surface area (Å²) in [5.41, 5.74) is 4.02. The molecule has 2 nitrogen and oxygen atoms in total. The van der Waals surface area contributed by atoms with Crippen molar-refractivity contribution in [2.45, 2.75) is 6.92 Å². The fraction of sp³-hybridized carbons (Fsp3) is 0.0556. The first-order chi connectivity index (χ1) is 10.6. The summed E-state index contributed by atoms with van der Waals surface area (Å²) in [6.45, 7) is 2.00. The van der Waals surface area contributed by atoms with E-state index in [-0.39, 0.29) is 0 Å². The number of aryl methyl sites for hydroxylation is 1. The lowest BCUT2D eigenvalue weighted by Gasteiger charge is -2.05. The molecule has 4 heteroatoms. The lowest BCUT2D eigenvalue weighted by Crippen LogP contribution is -1.84. The fourth-order valence-electron chi connectivity index (χ4n) is 2.75. The molecule has 1 N–H and O–H groups in total. The van der Waals surface area contributed by atoms with E-state index in [4.69, 9.17) is 16.6 Å². The van der Waals surface area contributed by atoms with E-state index in [0.717, 1.165) is 37.5 Å². The van der Waals surface area contributed by atoms with Crippen LogP contribution in [0.15, 0.2) is 53.0 Å². The van der Waals surface area contributed by atoms with Gasteiger partial charge in [-0.3, -0.25) is 0 Å². The Labute approximate surface area is 141 Å². The second-order valence-corrected chi connectivity index (χ2v) is 6.61. The Morgan fingerprint density at radius 3 is 2.68 bits per heavy atom. The number of fused-ring (bicyclic) bond motifs is 2. The lowest BCUT2D eigenvalue weighted by molar-refractivity contribution is 1.34. The number of hydrogen-bond acceptors (Lipinski definition) is 1. The summed E-state index contributed by atoms with van der Waals surface area (Å²) in [4.78, 5) is 8.12. The van der Waals surface area contributed by atoms with Crippen LogP contribution in [0.25, 0.3) is 33.2 Å². The normalized spacial score (nSPS) is 11.4. The zero-order chi connectivity index (χ0) is 15.3. The Balaban J connectivity index is 2.01. The molecule has 0 fully saturated rings. The summed E-state index contributed by atoms with van der Waals surface area (Å²) in [7, 11) is 0. The number of hydrogen-bond donors (Lipinski definition) is 1. The molecule has 4 aromatic rings. The summed E-state index contributed by atoms with van der Waals surface area (Å²) < 4.78 is 1.09. The quantitative estimate of drug-likeness (QED) is 0.430. The standard InChI is InChI=1S/C18H12BrClN2/c1-10-8-16-17(9-15(10)20)22-18(21-16)13-6-2-5-12-11(13)4-3-7-14(12)19/h2-9H,1H3,(H,21,22). The average Bonchev–Trinajstić information content (AvgIpc) is 2.90. The van der Waals surface area contributed by atoms with Gasteiger partial charge in [0.2, 0.25) is 0 Å². The maximum Gasteiger partial charge on any atom is 0.139 e. The Morgan fingerprint density at radius 2 is 1.82 bits per heavy atom. The van der Waals surface area contributed by atoms with Crippen LogP contribution in [0.1, 0.15) is 5.56 Å². The molecule has 1 heterocycles. The highest BCUT2D eigenvalue weighted by Gasteiger charge is 2.11. The summed E-state index contributed by atoms with van der Waals surface area (Å²) in [6.07, 6.45) is 0. The zero-order valence-electron chi connectivity index (χ0n) is 11.8. The van der Waals surface area contributed by atoms with E-state index in [2.05, 4.69) is 39.1 Å². The minimum atomic E-state index is 0.742. The van der Waals surface area contributed by atoms with Gasteiger partial charge in [0.15, 0.2) is 0 Å². The minimum absolute atomic E-state index is 0.742. The van der Waals surface area contributed by atoms with Gasteiger partial charge in [-0.1, -0.05) is 57.9 Å². The summed E-state index contributed by atoms with van der Waals surface area (Å²) >= 11 is 9.81. The van der Waals surface area contributed by atoms with Crippen molar-refractivity contribution in [2.24, 2.45) is 0 Å². The van der Waals surface area contributed by atoms with E-state index in [0.29, 0.717) is 0 Å². The molecule has 0 unspecified atom stereocenters. The van der Waals surface area contributed by atoms with Crippen LogP contribution in [0.2, 0.25) is 5.02 Å². The molecule has 0 saturated carbocycles. The van der Waals surface area contributed by atoms with E-state index in [1.54, 1.807) is 0 Å². The average molecular weight is 372 g/mol. The highest BCUT2D eigenvalue weighted by Crippen LogP contribution is 2.32. The van der Waals surface area contributed by atoms with Crippen molar-refractivity contribution in [1.82, 2.24) is 9.97 Å². The molecule has 0 bridgehead atoms. The van der Waals surface area contributed by atoms with Crippen LogP contribution in [0.3, 0.4) is 0 Å². The van der Waals surface area contributed by atoms with Crippen molar-refractivity contribution in [1.29, 1.82) is 0 Å². The monoisotopic (exact) mass is 370 g/mol. The van der Waals surface area contributed by atoms with Crippen LogP contribution < -0.4 is 0 Å². The van der Waals surface area contributed by atoms with Gasteiger partial charge in [-0.2, -0.15) is 0 Å². The Bertz CT molecular complexity index is 981. The molecule has 3 aromatic carbocycles. The van der Waals surface area contributed by atoms with Gasteiger partial charge in [-0.15, -0.1) is 0 Å². The molecule has 1 aromatic heterocycles. The summed E-state index contributed by atoms with van der Waals surface area (Å²) in [6, 6.07) is 16.4. The molecule has 0 amide bonds. The van der Waals surface area contributed by atoms with E-state index in [9.17, 15) is 0 Å². The number of aromatic nitrogens is 2. The number of nitrogens with one attached hydrogen (secondary N) is 1. The van der Waals surface area contributed by atoms with E-state index >= 15 is 0 Å². The Morgan fingerprint density at radius 1 is 1.05 bits per heavy atom. The maximum atomic E-state index is 6.20. The Kier molecular flexibility index (Phi) is 3.21.